The quantitative estimate of drug-likeness (QED) is 0.682. The Labute approximate surface area is 74.5 Å². The van der Waals surface area contributed by atoms with Crippen molar-refractivity contribution in [1.82, 2.24) is 0 Å². The van der Waals surface area contributed by atoms with Crippen molar-refractivity contribution < 1.29 is 4.39 Å². The molecule has 3 unspecified atom stereocenters. The molecule has 0 spiro atoms. The van der Waals surface area contributed by atoms with Crippen molar-refractivity contribution in [3.8, 4) is 0 Å². The second-order valence-corrected chi connectivity index (χ2v) is 4.45. The number of alkyl halides is 1. The van der Waals surface area contributed by atoms with Gasteiger partial charge in [0, 0.05) is 6.54 Å². The molecular weight excluding hydrogens is 153 g/mol. The van der Waals surface area contributed by atoms with Gasteiger partial charge in [-0.2, -0.15) is 0 Å². The number of rotatable bonds is 2. The molecule has 0 bridgehead atoms. The van der Waals surface area contributed by atoms with Crippen LogP contribution in [0.15, 0.2) is 0 Å². The van der Waals surface area contributed by atoms with E-state index in [4.69, 9.17) is 5.73 Å². The lowest BCUT2D eigenvalue weighted by Crippen LogP contribution is -2.40. The highest BCUT2D eigenvalue weighted by molar-refractivity contribution is 4.86. The predicted octanol–water partition coefficient (Wildman–Crippen LogP) is 2.50. The zero-order valence-electron chi connectivity index (χ0n) is 8.15. The van der Waals surface area contributed by atoms with E-state index in [9.17, 15) is 4.39 Å². The van der Waals surface area contributed by atoms with Crippen molar-refractivity contribution in [2.75, 3.05) is 6.54 Å². The maximum atomic E-state index is 13.8. The van der Waals surface area contributed by atoms with Crippen molar-refractivity contribution in [1.29, 1.82) is 0 Å². The number of nitrogens with two attached hydrogens (primary N) is 1. The van der Waals surface area contributed by atoms with Gasteiger partial charge in [-0.05, 0) is 31.6 Å². The highest BCUT2D eigenvalue weighted by Gasteiger charge is 2.35. The van der Waals surface area contributed by atoms with E-state index in [2.05, 4.69) is 6.92 Å². The molecule has 0 aliphatic heterocycles. The molecule has 1 fully saturated rings. The number of hydrogen-bond donors (Lipinski definition) is 1. The molecule has 0 heterocycles. The summed E-state index contributed by atoms with van der Waals surface area (Å²) in [7, 11) is 0. The molecule has 0 aromatic rings. The molecule has 0 saturated heterocycles. The van der Waals surface area contributed by atoms with Crippen LogP contribution < -0.4 is 5.73 Å². The van der Waals surface area contributed by atoms with Crippen LogP contribution in [0.1, 0.15) is 39.5 Å². The van der Waals surface area contributed by atoms with Gasteiger partial charge in [0.2, 0.25) is 0 Å². The fourth-order valence-electron chi connectivity index (χ4n) is 2.15. The molecule has 0 aromatic carbocycles. The Kier molecular flexibility index (Phi) is 3.10. The standard InChI is InChI=1S/C10H20FN/c1-8-4-3-5-9(6-8)10(2,11)7-12/h8-9H,3-7,12H2,1-2H3. The summed E-state index contributed by atoms with van der Waals surface area (Å²) < 4.78 is 13.8. The van der Waals surface area contributed by atoms with Gasteiger partial charge in [-0.25, -0.2) is 4.39 Å². The average Bonchev–Trinajstić information content (AvgIpc) is 2.05. The lowest BCUT2D eigenvalue weighted by molar-refractivity contribution is 0.0682. The van der Waals surface area contributed by atoms with E-state index in [1.165, 1.54) is 12.8 Å². The van der Waals surface area contributed by atoms with E-state index < -0.39 is 5.67 Å². The third kappa shape index (κ3) is 2.19. The van der Waals surface area contributed by atoms with Crippen LogP contribution in [0.3, 0.4) is 0 Å². The minimum atomic E-state index is -1.13. The second kappa shape index (κ2) is 3.73. The largest absolute Gasteiger partial charge is 0.328 e. The van der Waals surface area contributed by atoms with E-state index in [1.54, 1.807) is 6.92 Å². The SMILES string of the molecule is CC1CCCC(C(C)(F)CN)C1. The minimum absolute atomic E-state index is 0.171. The van der Waals surface area contributed by atoms with Crippen molar-refractivity contribution >= 4 is 0 Å². The molecule has 3 atom stereocenters. The van der Waals surface area contributed by atoms with Gasteiger partial charge in [0.15, 0.2) is 0 Å². The second-order valence-electron chi connectivity index (χ2n) is 4.45. The first-order valence-corrected chi connectivity index (χ1v) is 4.95. The van der Waals surface area contributed by atoms with Crippen LogP contribution >= 0.6 is 0 Å². The van der Waals surface area contributed by atoms with Crippen LogP contribution in [0.25, 0.3) is 0 Å². The van der Waals surface area contributed by atoms with Gasteiger partial charge >= 0.3 is 0 Å². The first-order valence-electron chi connectivity index (χ1n) is 4.95. The lowest BCUT2D eigenvalue weighted by atomic mass is 9.75. The molecule has 0 radical (unpaired) electrons. The monoisotopic (exact) mass is 173 g/mol. The zero-order chi connectivity index (χ0) is 9.19. The maximum absolute atomic E-state index is 13.8. The molecule has 1 nitrogen and oxygen atoms in total. The summed E-state index contributed by atoms with van der Waals surface area (Å²) in [5.74, 6) is 0.886. The Morgan fingerprint density at radius 3 is 2.67 bits per heavy atom. The number of halogens is 1. The molecular formula is C10H20FN. The van der Waals surface area contributed by atoms with E-state index >= 15 is 0 Å². The highest BCUT2D eigenvalue weighted by atomic mass is 19.1. The van der Waals surface area contributed by atoms with Gasteiger partial charge in [-0.1, -0.05) is 19.8 Å². The summed E-state index contributed by atoms with van der Waals surface area (Å²) in [5.41, 5.74) is 4.28. The average molecular weight is 173 g/mol. The van der Waals surface area contributed by atoms with E-state index in [-0.39, 0.29) is 12.5 Å². The Hall–Kier alpha value is -0.110. The lowest BCUT2D eigenvalue weighted by Gasteiger charge is -2.35. The molecule has 1 aliphatic rings. The van der Waals surface area contributed by atoms with Crippen LogP contribution in [0.5, 0.6) is 0 Å². The smallest absolute Gasteiger partial charge is 0.123 e. The van der Waals surface area contributed by atoms with Crippen molar-refractivity contribution in [3.05, 3.63) is 0 Å². The summed E-state index contributed by atoms with van der Waals surface area (Å²) in [6, 6.07) is 0. The molecule has 12 heavy (non-hydrogen) atoms. The van der Waals surface area contributed by atoms with Gasteiger partial charge < -0.3 is 5.73 Å². The molecule has 1 rings (SSSR count). The molecule has 0 aromatic heterocycles. The zero-order valence-corrected chi connectivity index (χ0v) is 8.15. The minimum Gasteiger partial charge on any atom is -0.328 e. The van der Waals surface area contributed by atoms with Gasteiger partial charge in [0.25, 0.3) is 0 Å². The summed E-state index contributed by atoms with van der Waals surface area (Å²) in [5, 5.41) is 0. The first-order chi connectivity index (χ1) is 5.56. The van der Waals surface area contributed by atoms with Gasteiger partial charge in [-0.15, -0.1) is 0 Å². The van der Waals surface area contributed by atoms with E-state index in [1.807, 2.05) is 0 Å². The summed E-state index contributed by atoms with van der Waals surface area (Å²) >= 11 is 0. The first kappa shape index (κ1) is 9.97. The Morgan fingerprint density at radius 1 is 1.50 bits per heavy atom. The summed E-state index contributed by atoms with van der Waals surface area (Å²) in [6.45, 7) is 4.03. The van der Waals surface area contributed by atoms with Gasteiger partial charge in [0.1, 0.15) is 5.67 Å². The third-order valence-corrected chi connectivity index (χ3v) is 3.19. The van der Waals surface area contributed by atoms with Crippen molar-refractivity contribution in [3.63, 3.8) is 0 Å². The van der Waals surface area contributed by atoms with Gasteiger partial charge in [-0.3, -0.25) is 0 Å². The highest BCUT2D eigenvalue weighted by Crippen LogP contribution is 2.37. The molecule has 72 valence electrons. The Balaban J connectivity index is 2.50. The third-order valence-electron chi connectivity index (χ3n) is 3.19. The molecule has 1 saturated carbocycles. The topological polar surface area (TPSA) is 26.0 Å². The van der Waals surface area contributed by atoms with Crippen molar-refractivity contribution in [2.24, 2.45) is 17.6 Å². The molecule has 2 heteroatoms. The van der Waals surface area contributed by atoms with Crippen LogP contribution in [-0.4, -0.2) is 12.2 Å². The Bertz CT molecular complexity index is 145. The van der Waals surface area contributed by atoms with Crippen LogP contribution in [-0.2, 0) is 0 Å². The summed E-state index contributed by atoms with van der Waals surface area (Å²) in [6.07, 6.45) is 4.47. The van der Waals surface area contributed by atoms with E-state index in [0.29, 0.717) is 5.92 Å². The fourth-order valence-corrected chi connectivity index (χ4v) is 2.15. The van der Waals surface area contributed by atoms with Crippen molar-refractivity contribution in [2.45, 2.75) is 45.2 Å². The van der Waals surface area contributed by atoms with Crippen LogP contribution in [0, 0.1) is 11.8 Å². The molecule has 2 N–H and O–H groups in total. The molecule has 0 amide bonds. The van der Waals surface area contributed by atoms with Crippen LogP contribution in [0.2, 0.25) is 0 Å². The van der Waals surface area contributed by atoms with E-state index in [0.717, 1.165) is 12.8 Å². The van der Waals surface area contributed by atoms with Gasteiger partial charge in [0.05, 0.1) is 0 Å². The predicted molar refractivity (Wildman–Crippen MR) is 49.7 cm³/mol. The summed E-state index contributed by atoms with van der Waals surface area (Å²) in [4.78, 5) is 0. The molecule has 1 aliphatic carbocycles. The maximum Gasteiger partial charge on any atom is 0.123 e. The Morgan fingerprint density at radius 2 is 2.17 bits per heavy atom. The normalized spacial score (nSPS) is 36.0. The fraction of sp³-hybridized carbons (Fsp3) is 1.00. The van der Waals surface area contributed by atoms with Crippen LogP contribution in [0.4, 0.5) is 4.39 Å². The number of hydrogen-bond acceptors (Lipinski definition) is 1.